The van der Waals surface area contributed by atoms with E-state index in [4.69, 9.17) is 5.11 Å². The number of aliphatic hydroxyl groups excluding tert-OH is 1. The maximum Gasteiger partial charge on any atom is 0.233 e. The molecule has 1 aliphatic heterocycles. The van der Waals surface area contributed by atoms with Crippen LogP contribution in [-0.2, 0) is 11.2 Å². The molecule has 18 heavy (non-hydrogen) atoms. The number of hydrogen-bond acceptors (Lipinski definition) is 3. The predicted molar refractivity (Wildman–Crippen MR) is 75.1 cm³/mol. The second-order valence-electron chi connectivity index (χ2n) is 5.24. The molecule has 1 aliphatic rings. The van der Waals surface area contributed by atoms with Gasteiger partial charge in [0.2, 0.25) is 5.91 Å². The van der Waals surface area contributed by atoms with Crippen molar-refractivity contribution in [2.45, 2.75) is 25.2 Å². The lowest BCUT2D eigenvalue weighted by molar-refractivity contribution is -0.127. The Morgan fingerprint density at radius 2 is 2.17 bits per heavy atom. The van der Waals surface area contributed by atoms with Crippen LogP contribution in [0.1, 0.15) is 19.4 Å². The van der Waals surface area contributed by atoms with Crippen molar-refractivity contribution in [1.82, 2.24) is 0 Å². The van der Waals surface area contributed by atoms with Crippen LogP contribution in [0.3, 0.4) is 0 Å². The standard InChI is InChI=1S/C14H19NO2S/c1-14(2)9-10-8-11(18-3)4-5-12(10)15(6-7-16)13(14)17/h4-5,8,16H,6-7,9H2,1-3H3. The molecule has 0 saturated heterocycles. The third kappa shape index (κ3) is 2.27. The Kier molecular flexibility index (Phi) is 3.69. The van der Waals surface area contributed by atoms with Crippen molar-refractivity contribution in [1.29, 1.82) is 0 Å². The fourth-order valence-electron chi connectivity index (χ4n) is 2.44. The zero-order valence-electron chi connectivity index (χ0n) is 11.1. The van der Waals surface area contributed by atoms with Gasteiger partial charge in [0, 0.05) is 22.5 Å². The maximum atomic E-state index is 12.4. The van der Waals surface area contributed by atoms with E-state index in [2.05, 4.69) is 6.07 Å². The Morgan fingerprint density at radius 1 is 1.44 bits per heavy atom. The van der Waals surface area contributed by atoms with Gasteiger partial charge in [-0.2, -0.15) is 0 Å². The molecular formula is C14H19NO2S. The number of benzene rings is 1. The van der Waals surface area contributed by atoms with Gasteiger partial charge < -0.3 is 10.0 Å². The number of carbonyl (C=O) groups is 1. The van der Waals surface area contributed by atoms with E-state index in [9.17, 15) is 4.79 Å². The van der Waals surface area contributed by atoms with E-state index >= 15 is 0 Å². The van der Waals surface area contributed by atoms with Crippen LogP contribution in [0.25, 0.3) is 0 Å². The summed E-state index contributed by atoms with van der Waals surface area (Å²) < 4.78 is 0. The number of aliphatic hydroxyl groups is 1. The SMILES string of the molecule is CSc1ccc2c(c1)CC(C)(C)C(=O)N2CCO. The van der Waals surface area contributed by atoms with Crippen molar-refractivity contribution in [3.63, 3.8) is 0 Å². The van der Waals surface area contributed by atoms with Crippen molar-refractivity contribution < 1.29 is 9.90 Å². The number of β-amino-alcohol motifs (C(OH)–C–C–N with tert-alkyl or cyclic N) is 1. The summed E-state index contributed by atoms with van der Waals surface area (Å²) >= 11 is 1.70. The topological polar surface area (TPSA) is 40.5 Å². The average molecular weight is 265 g/mol. The highest BCUT2D eigenvalue weighted by atomic mass is 32.2. The van der Waals surface area contributed by atoms with E-state index in [1.54, 1.807) is 16.7 Å². The Hall–Kier alpha value is -1.00. The molecule has 1 aromatic rings. The average Bonchev–Trinajstić information content (AvgIpc) is 2.34. The molecule has 2 rings (SSSR count). The van der Waals surface area contributed by atoms with Crippen LogP contribution >= 0.6 is 11.8 Å². The van der Waals surface area contributed by atoms with E-state index in [1.165, 1.54) is 10.5 Å². The quantitative estimate of drug-likeness (QED) is 0.853. The second kappa shape index (κ2) is 4.94. The number of anilines is 1. The van der Waals surface area contributed by atoms with Crippen LogP contribution in [0, 0.1) is 5.41 Å². The van der Waals surface area contributed by atoms with Gasteiger partial charge in [0.05, 0.1) is 6.61 Å². The Labute approximate surface area is 112 Å². The Morgan fingerprint density at radius 3 is 2.78 bits per heavy atom. The summed E-state index contributed by atoms with van der Waals surface area (Å²) in [6, 6.07) is 6.17. The Bertz CT molecular complexity index is 471. The van der Waals surface area contributed by atoms with Crippen LogP contribution in [0.2, 0.25) is 0 Å². The van der Waals surface area contributed by atoms with Crippen LogP contribution in [0.15, 0.2) is 23.1 Å². The molecule has 0 aliphatic carbocycles. The molecule has 98 valence electrons. The van der Waals surface area contributed by atoms with E-state index < -0.39 is 0 Å². The van der Waals surface area contributed by atoms with Gasteiger partial charge in [-0.15, -0.1) is 11.8 Å². The molecular weight excluding hydrogens is 246 g/mol. The first kappa shape index (κ1) is 13.4. The smallest absolute Gasteiger partial charge is 0.233 e. The Balaban J connectivity index is 2.48. The summed E-state index contributed by atoms with van der Waals surface area (Å²) in [5, 5.41) is 9.13. The lowest BCUT2D eigenvalue weighted by atomic mass is 9.80. The van der Waals surface area contributed by atoms with Gasteiger partial charge in [0.1, 0.15) is 0 Å². The number of thioether (sulfide) groups is 1. The van der Waals surface area contributed by atoms with Crippen molar-refractivity contribution in [3.05, 3.63) is 23.8 Å². The first-order valence-corrected chi connectivity index (χ1v) is 7.32. The molecule has 1 heterocycles. The summed E-state index contributed by atoms with van der Waals surface area (Å²) in [6.45, 7) is 4.29. The zero-order chi connectivity index (χ0) is 13.3. The number of fused-ring (bicyclic) bond motifs is 1. The van der Waals surface area contributed by atoms with E-state index in [0.717, 1.165) is 12.1 Å². The molecule has 1 amide bonds. The van der Waals surface area contributed by atoms with Crippen LogP contribution in [-0.4, -0.2) is 30.4 Å². The third-order valence-corrected chi connectivity index (χ3v) is 4.08. The molecule has 0 fully saturated rings. The molecule has 1 aromatic carbocycles. The molecule has 0 unspecified atom stereocenters. The number of amides is 1. The van der Waals surface area contributed by atoms with Gasteiger partial charge in [-0.3, -0.25) is 4.79 Å². The third-order valence-electron chi connectivity index (χ3n) is 3.36. The van der Waals surface area contributed by atoms with Crippen LogP contribution in [0.4, 0.5) is 5.69 Å². The highest BCUT2D eigenvalue weighted by molar-refractivity contribution is 7.98. The van der Waals surface area contributed by atoms with Crippen LogP contribution < -0.4 is 4.90 Å². The van der Waals surface area contributed by atoms with Crippen molar-refractivity contribution in [2.75, 3.05) is 24.3 Å². The summed E-state index contributed by atoms with van der Waals surface area (Å²) in [6.07, 6.45) is 2.81. The molecule has 4 heteroatoms. The largest absolute Gasteiger partial charge is 0.395 e. The summed E-state index contributed by atoms with van der Waals surface area (Å²) in [5.74, 6) is 0.0981. The molecule has 0 bridgehead atoms. The fraction of sp³-hybridized carbons (Fsp3) is 0.500. The van der Waals surface area contributed by atoms with Crippen molar-refractivity contribution in [2.24, 2.45) is 5.41 Å². The highest BCUT2D eigenvalue weighted by Gasteiger charge is 2.38. The first-order chi connectivity index (χ1) is 8.49. The van der Waals surface area contributed by atoms with E-state index in [-0.39, 0.29) is 17.9 Å². The number of nitrogens with zero attached hydrogens (tertiary/aromatic N) is 1. The van der Waals surface area contributed by atoms with Gasteiger partial charge in [0.25, 0.3) is 0 Å². The normalized spacial score (nSPS) is 17.8. The second-order valence-corrected chi connectivity index (χ2v) is 6.12. The minimum Gasteiger partial charge on any atom is -0.395 e. The molecule has 3 nitrogen and oxygen atoms in total. The number of hydrogen-bond donors (Lipinski definition) is 1. The van der Waals surface area contributed by atoms with Gasteiger partial charge in [-0.25, -0.2) is 0 Å². The minimum atomic E-state index is -0.390. The molecule has 1 N–H and O–H groups in total. The summed E-state index contributed by atoms with van der Waals surface area (Å²) in [7, 11) is 0. The van der Waals surface area contributed by atoms with E-state index in [0.29, 0.717) is 6.54 Å². The molecule has 0 spiro atoms. The fourth-order valence-corrected chi connectivity index (χ4v) is 2.91. The summed E-state index contributed by atoms with van der Waals surface area (Å²) in [5.41, 5.74) is 1.75. The maximum absolute atomic E-state index is 12.4. The lowest BCUT2D eigenvalue weighted by Crippen LogP contribution is -2.47. The molecule has 0 aromatic heterocycles. The zero-order valence-corrected chi connectivity index (χ0v) is 11.9. The molecule has 0 saturated carbocycles. The van der Waals surface area contributed by atoms with Crippen molar-refractivity contribution in [3.8, 4) is 0 Å². The van der Waals surface area contributed by atoms with Gasteiger partial charge >= 0.3 is 0 Å². The monoisotopic (exact) mass is 265 g/mol. The molecule has 0 atom stereocenters. The van der Waals surface area contributed by atoms with Gasteiger partial charge in [-0.05, 0) is 36.4 Å². The highest BCUT2D eigenvalue weighted by Crippen LogP contribution is 2.38. The summed E-state index contributed by atoms with van der Waals surface area (Å²) in [4.78, 5) is 15.3. The minimum absolute atomic E-state index is 0.00839. The first-order valence-electron chi connectivity index (χ1n) is 6.09. The van der Waals surface area contributed by atoms with Gasteiger partial charge in [-0.1, -0.05) is 13.8 Å². The molecule has 0 radical (unpaired) electrons. The van der Waals surface area contributed by atoms with E-state index in [1.807, 2.05) is 32.2 Å². The van der Waals surface area contributed by atoms with Gasteiger partial charge in [0.15, 0.2) is 0 Å². The number of rotatable bonds is 3. The lowest BCUT2D eigenvalue weighted by Gasteiger charge is -2.38. The predicted octanol–water partition coefficient (Wildman–Crippen LogP) is 2.32. The number of carbonyl (C=O) groups excluding carboxylic acids is 1. The van der Waals surface area contributed by atoms with Crippen LogP contribution in [0.5, 0.6) is 0 Å². The van der Waals surface area contributed by atoms with Crippen molar-refractivity contribution >= 4 is 23.4 Å².